The summed E-state index contributed by atoms with van der Waals surface area (Å²) in [6.07, 6.45) is 1.07. The molecule has 1 aromatic rings. The summed E-state index contributed by atoms with van der Waals surface area (Å²) < 4.78 is 4.72. The Hall–Kier alpha value is -3.41. The number of amides is 2. The molecule has 26 heavy (non-hydrogen) atoms. The normalized spacial score (nSPS) is 11.4. The van der Waals surface area contributed by atoms with Gasteiger partial charge >= 0.3 is 5.97 Å². The molecule has 9 heteroatoms. The highest BCUT2D eigenvalue weighted by atomic mass is 16.5. The van der Waals surface area contributed by atoms with E-state index >= 15 is 0 Å². The molecule has 1 aromatic carbocycles. The zero-order valence-corrected chi connectivity index (χ0v) is 14.4. The van der Waals surface area contributed by atoms with Crippen molar-refractivity contribution in [2.24, 2.45) is 10.9 Å². The molecule has 2 amide bonds. The third-order valence-electron chi connectivity index (χ3n) is 3.16. The standard InChI is InChI=1S/C17H21N5O4/c1-2-26-17(25)9-14(10-18)22-16(24)8-7-15(23)21-13-5-3-12(4-6-13)11-20-19/h3-6,11,14H,2,7-9,19H2,1H3,(H,21,23)(H,22,24). The second kappa shape index (κ2) is 11.2. The number of hydrazone groups is 1. The zero-order valence-electron chi connectivity index (χ0n) is 14.4. The number of carbonyl (C=O) groups is 3. The lowest BCUT2D eigenvalue weighted by Crippen LogP contribution is -2.36. The minimum absolute atomic E-state index is 0.0601. The van der Waals surface area contributed by atoms with Crippen LogP contribution >= 0.6 is 0 Å². The van der Waals surface area contributed by atoms with Crippen LogP contribution < -0.4 is 16.5 Å². The number of hydrogen-bond acceptors (Lipinski definition) is 7. The molecule has 138 valence electrons. The number of ether oxygens (including phenoxy) is 1. The summed E-state index contributed by atoms with van der Waals surface area (Å²) >= 11 is 0. The van der Waals surface area contributed by atoms with Crippen LogP contribution in [-0.4, -0.2) is 36.6 Å². The summed E-state index contributed by atoms with van der Waals surface area (Å²) in [4.78, 5) is 35.0. The predicted molar refractivity (Wildman–Crippen MR) is 94.9 cm³/mol. The number of esters is 1. The third kappa shape index (κ3) is 7.92. The fourth-order valence-corrected chi connectivity index (χ4v) is 1.97. The minimum Gasteiger partial charge on any atom is -0.466 e. The van der Waals surface area contributed by atoms with Crippen LogP contribution in [0.2, 0.25) is 0 Å². The van der Waals surface area contributed by atoms with Crippen molar-refractivity contribution in [3.8, 4) is 6.07 Å². The molecule has 0 saturated carbocycles. The molecule has 0 fully saturated rings. The maximum absolute atomic E-state index is 11.9. The van der Waals surface area contributed by atoms with Gasteiger partial charge in [-0.25, -0.2) is 0 Å². The molecular formula is C17H21N5O4. The number of rotatable bonds is 9. The Balaban J connectivity index is 2.40. The zero-order chi connectivity index (χ0) is 19.4. The van der Waals surface area contributed by atoms with Crippen LogP contribution in [0, 0.1) is 11.3 Å². The van der Waals surface area contributed by atoms with E-state index < -0.39 is 17.9 Å². The lowest BCUT2D eigenvalue weighted by molar-refractivity contribution is -0.143. The van der Waals surface area contributed by atoms with E-state index in [1.807, 2.05) is 6.07 Å². The molecule has 0 aliphatic rings. The molecule has 0 saturated heterocycles. The van der Waals surface area contributed by atoms with Crippen molar-refractivity contribution < 1.29 is 19.1 Å². The summed E-state index contributed by atoms with van der Waals surface area (Å²) in [5, 5.41) is 17.4. The van der Waals surface area contributed by atoms with Crippen LogP contribution in [0.25, 0.3) is 0 Å². The molecule has 0 bridgehead atoms. The summed E-state index contributed by atoms with van der Waals surface area (Å²) in [5.74, 6) is 3.64. The van der Waals surface area contributed by atoms with E-state index in [2.05, 4.69) is 15.7 Å². The highest BCUT2D eigenvalue weighted by molar-refractivity contribution is 5.93. The summed E-state index contributed by atoms with van der Waals surface area (Å²) in [5.41, 5.74) is 1.36. The number of nitrogens with one attached hydrogen (secondary N) is 2. The van der Waals surface area contributed by atoms with E-state index in [0.717, 1.165) is 5.56 Å². The number of nitrogens with zero attached hydrogens (tertiary/aromatic N) is 2. The summed E-state index contributed by atoms with van der Waals surface area (Å²) in [6.45, 7) is 1.85. The van der Waals surface area contributed by atoms with Gasteiger partial charge in [0.15, 0.2) is 0 Å². The topological polar surface area (TPSA) is 147 Å². The van der Waals surface area contributed by atoms with Crippen molar-refractivity contribution in [3.05, 3.63) is 29.8 Å². The second-order valence-electron chi connectivity index (χ2n) is 5.21. The van der Waals surface area contributed by atoms with Gasteiger partial charge in [0.1, 0.15) is 6.04 Å². The number of anilines is 1. The highest BCUT2D eigenvalue weighted by Gasteiger charge is 2.17. The van der Waals surface area contributed by atoms with Crippen LogP contribution in [0.3, 0.4) is 0 Å². The largest absolute Gasteiger partial charge is 0.466 e. The Labute approximate surface area is 151 Å². The first-order valence-corrected chi connectivity index (χ1v) is 7.96. The molecule has 0 radical (unpaired) electrons. The molecule has 0 aliphatic heterocycles. The summed E-state index contributed by atoms with van der Waals surface area (Å²) in [7, 11) is 0. The van der Waals surface area contributed by atoms with Gasteiger partial charge in [0.2, 0.25) is 11.8 Å². The van der Waals surface area contributed by atoms with Crippen LogP contribution in [0.5, 0.6) is 0 Å². The quantitative estimate of drug-likeness (QED) is 0.255. The Kier molecular flexibility index (Phi) is 8.89. The lowest BCUT2D eigenvalue weighted by Gasteiger charge is -2.11. The van der Waals surface area contributed by atoms with Gasteiger partial charge in [-0.1, -0.05) is 12.1 Å². The van der Waals surface area contributed by atoms with Gasteiger partial charge in [0.05, 0.1) is 25.3 Å². The van der Waals surface area contributed by atoms with E-state index in [9.17, 15) is 14.4 Å². The molecule has 1 unspecified atom stereocenters. The van der Waals surface area contributed by atoms with E-state index in [0.29, 0.717) is 5.69 Å². The molecule has 0 aromatic heterocycles. The van der Waals surface area contributed by atoms with Crippen molar-refractivity contribution >= 4 is 29.7 Å². The van der Waals surface area contributed by atoms with E-state index in [4.69, 9.17) is 15.8 Å². The maximum atomic E-state index is 11.9. The van der Waals surface area contributed by atoms with Gasteiger partial charge < -0.3 is 21.2 Å². The molecule has 9 nitrogen and oxygen atoms in total. The van der Waals surface area contributed by atoms with Gasteiger partial charge in [0, 0.05) is 18.5 Å². The van der Waals surface area contributed by atoms with E-state index in [1.165, 1.54) is 6.21 Å². The predicted octanol–water partition coefficient (Wildman–Crippen LogP) is 0.659. The van der Waals surface area contributed by atoms with E-state index in [1.54, 1.807) is 31.2 Å². The molecule has 0 aliphatic carbocycles. The Bertz CT molecular complexity index is 694. The van der Waals surface area contributed by atoms with Crippen molar-refractivity contribution in [1.29, 1.82) is 5.26 Å². The fourth-order valence-electron chi connectivity index (χ4n) is 1.97. The number of benzene rings is 1. The first-order chi connectivity index (χ1) is 12.5. The van der Waals surface area contributed by atoms with Crippen LogP contribution in [0.1, 0.15) is 31.7 Å². The number of carbonyl (C=O) groups excluding carboxylic acids is 3. The average molecular weight is 359 g/mol. The smallest absolute Gasteiger partial charge is 0.308 e. The maximum Gasteiger partial charge on any atom is 0.308 e. The van der Waals surface area contributed by atoms with Crippen LogP contribution in [-0.2, 0) is 19.1 Å². The highest BCUT2D eigenvalue weighted by Crippen LogP contribution is 2.09. The second-order valence-corrected chi connectivity index (χ2v) is 5.21. The lowest BCUT2D eigenvalue weighted by atomic mass is 10.2. The first kappa shape index (κ1) is 20.6. The number of hydrogen-bond donors (Lipinski definition) is 3. The molecule has 1 atom stereocenters. The first-order valence-electron chi connectivity index (χ1n) is 7.96. The van der Waals surface area contributed by atoms with Gasteiger partial charge in [-0.2, -0.15) is 10.4 Å². The Morgan fingerprint density at radius 1 is 1.27 bits per heavy atom. The number of nitrogens with two attached hydrogens (primary N) is 1. The molecule has 1 rings (SSSR count). The minimum atomic E-state index is -0.985. The van der Waals surface area contributed by atoms with Crippen LogP contribution in [0.4, 0.5) is 5.69 Å². The van der Waals surface area contributed by atoms with Crippen molar-refractivity contribution in [1.82, 2.24) is 5.32 Å². The van der Waals surface area contributed by atoms with Crippen molar-refractivity contribution in [2.45, 2.75) is 32.2 Å². The van der Waals surface area contributed by atoms with Gasteiger partial charge in [-0.15, -0.1) is 0 Å². The average Bonchev–Trinajstić information content (AvgIpc) is 2.61. The van der Waals surface area contributed by atoms with Gasteiger partial charge in [0.25, 0.3) is 0 Å². The number of nitriles is 1. The Morgan fingerprint density at radius 3 is 2.50 bits per heavy atom. The molecule has 0 spiro atoms. The Morgan fingerprint density at radius 2 is 1.92 bits per heavy atom. The van der Waals surface area contributed by atoms with Crippen LogP contribution in [0.15, 0.2) is 29.4 Å². The molecule has 0 heterocycles. The third-order valence-corrected chi connectivity index (χ3v) is 3.16. The van der Waals surface area contributed by atoms with Crippen molar-refractivity contribution in [3.63, 3.8) is 0 Å². The molecule has 4 N–H and O–H groups in total. The summed E-state index contributed by atoms with van der Waals surface area (Å²) in [6, 6.07) is 7.64. The fraction of sp³-hybridized carbons (Fsp3) is 0.353. The monoisotopic (exact) mass is 359 g/mol. The van der Waals surface area contributed by atoms with E-state index in [-0.39, 0.29) is 31.8 Å². The molecular weight excluding hydrogens is 338 g/mol. The van der Waals surface area contributed by atoms with Crippen molar-refractivity contribution in [2.75, 3.05) is 11.9 Å². The van der Waals surface area contributed by atoms with Gasteiger partial charge in [-0.05, 0) is 24.6 Å². The van der Waals surface area contributed by atoms with Gasteiger partial charge in [-0.3, -0.25) is 14.4 Å². The SMILES string of the molecule is CCOC(=O)CC(C#N)NC(=O)CCC(=O)Nc1ccc(C=NN)cc1.